The Balaban J connectivity index is 1.79. The fourth-order valence-electron chi connectivity index (χ4n) is 3.19. The van der Waals surface area contributed by atoms with Crippen molar-refractivity contribution in [2.24, 2.45) is 5.10 Å². The normalized spacial score (nSPS) is 11.6. The Hall–Kier alpha value is -3.44. The van der Waals surface area contributed by atoms with Gasteiger partial charge in [0, 0.05) is 27.9 Å². The third kappa shape index (κ3) is 3.91. The van der Waals surface area contributed by atoms with Gasteiger partial charge in [-0.05, 0) is 79.2 Å². The van der Waals surface area contributed by atoms with Crippen LogP contribution in [0, 0.1) is 12.7 Å². The summed E-state index contributed by atoms with van der Waals surface area (Å²) < 4.78 is 15.5. The molecule has 2 aromatic carbocycles. The van der Waals surface area contributed by atoms with Crippen LogP contribution in [0.4, 0.5) is 4.39 Å². The molecule has 2 heterocycles. The molecule has 1 N–H and O–H groups in total. The van der Waals surface area contributed by atoms with Crippen LogP contribution in [0.2, 0.25) is 5.02 Å². The number of nitrogens with one attached hydrogen (secondary N) is 1. The van der Waals surface area contributed by atoms with Crippen molar-refractivity contribution in [3.63, 3.8) is 0 Å². The van der Waals surface area contributed by atoms with Gasteiger partial charge in [0.1, 0.15) is 11.5 Å². The number of benzene rings is 2. The van der Waals surface area contributed by atoms with Crippen molar-refractivity contribution in [1.82, 2.24) is 9.83 Å². The fourth-order valence-corrected chi connectivity index (χ4v) is 3.32. The summed E-state index contributed by atoms with van der Waals surface area (Å²) in [5.41, 5.74) is 7.08. The summed E-state index contributed by atoms with van der Waals surface area (Å²) in [7, 11) is 0. The van der Waals surface area contributed by atoms with Gasteiger partial charge in [0.25, 0.3) is 5.91 Å². The molecule has 6 heteroatoms. The van der Waals surface area contributed by atoms with E-state index in [0.29, 0.717) is 21.9 Å². The predicted octanol–water partition coefficient (Wildman–Crippen LogP) is 5.22. The van der Waals surface area contributed by atoms with Crippen molar-refractivity contribution in [2.45, 2.75) is 6.92 Å². The Labute approximate surface area is 172 Å². The van der Waals surface area contributed by atoms with Crippen LogP contribution in [0.1, 0.15) is 27.2 Å². The number of hydrogen-bond acceptors (Lipinski definition) is 2. The van der Waals surface area contributed by atoms with Crippen molar-refractivity contribution in [3.05, 3.63) is 112 Å². The summed E-state index contributed by atoms with van der Waals surface area (Å²) >= 11 is 5.88. The number of carbonyl (C=O) groups is 1. The number of halogens is 2. The Morgan fingerprint density at radius 2 is 1.69 bits per heavy atom. The molecule has 1 amide bonds. The molecule has 0 fully saturated rings. The first kappa shape index (κ1) is 18.9. The van der Waals surface area contributed by atoms with Crippen molar-refractivity contribution >= 4 is 28.7 Å². The molecular weight excluding hydrogens is 389 g/mol. The lowest BCUT2D eigenvalue weighted by molar-refractivity contribution is 0.0955. The van der Waals surface area contributed by atoms with Gasteiger partial charge in [-0.2, -0.15) is 5.10 Å². The molecule has 0 atom stereocenters. The van der Waals surface area contributed by atoms with Gasteiger partial charge in [0.2, 0.25) is 0 Å². The zero-order chi connectivity index (χ0) is 20.4. The largest absolute Gasteiger partial charge is 0.315 e. The van der Waals surface area contributed by atoms with E-state index in [2.05, 4.69) is 10.5 Å². The predicted molar refractivity (Wildman–Crippen MR) is 113 cm³/mol. The molecule has 4 aromatic rings. The van der Waals surface area contributed by atoms with Crippen molar-refractivity contribution in [3.8, 4) is 0 Å². The van der Waals surface area contributed by atoms with Gasteiger partial charge in [0.05, 0.1) is 5.69 Å². The second kappa shape index (κ2) is 7.89. The van der Waals surface area contributed by atoms with E-state index in [9.17, 15) is 9.18 Å². The standard InChI is InChI=1S/C23H17ClFN3O/c1-15-14-20-4-2-3-13-28(20)22(15)21(16-7-11-19(25)12-8-16)26-27-23(29)17-5-9-18(24)10-6-17/h2-14H,1H3,(H,27,29)/b26-21-. The zero-order valence-corrected chi connectivity index (χ0v) is 16.3. The highest BCUT2D eigenvalue weighted by Crippen LogP contribution is 2.20. The summed E-state index contributed by atoms with van der Waals surface area (Å²) in [5, 5.41) is 4.97. The van der Waals surface area contributed by atoms with E-state index in [4.69, 9.17) is 11.6 Å². The SMILES string of the molecule is Cc1cc2ccccn2c1/C(=N\NC(=O)c1ccc(Cl)cc1)c1ccc(F)cc1. The molecule has 4 nitrogen and oxygen atoms in total. The molecule has 0 saturated carbocycles. The topological polar surface area (TPSA) is 45.9 Å². The molecule has 2 aromatic heterocycles. The molecule has 29 heavy (non-hydrogen) atoms. The fraction of sp³-hybridized carbons (Fsp3) is 0.0435. The Kier molecular flexibility index (Phi) is 5.14. The molecule has 0 aliphatic carbocycles. The average Bonchev–Trinajstić information content (AvgIpc) is 3.06. The number of amides is 1. The van der Waals surface area contributed by atoms with Gasteiger partial charge < -0.3 is 4.40 Å². The maximum absolute atomic E-state index is 13.5. The maximum Gasteiger partial charge on any atom is 0.271 e. The van der Waals surface area contributed by atoms with E-state index in [0.717, 1.165) is 16.8 Å². The van der Waals surface area contributed by atoms with E-state index >= 15 is 0 Å². The lowest BCUT2D eigenvalue weighted by Gasteiger charge is -2.10. The van der Waals surface area contributed by atoms with E-state index in [-0.39, 0.29) is 11.7 Å². The Bertz CT molecular complexity index is 1210. The van der Waals surface area contributed by atoms with E-state index < -0.39 is 0 Å². The van der Waals surface area contributed by atoms with E-state index in [1.165, 1.54) is 12.1 Å². The van der Waals surface area contributed by atoms with Crippen molar-refractivity contribution in [2.75, 3.05) is 0 Å². The van der Waals surface area contributed by atoms with Crippen LogP contribution < -0.4 is 5.43 Å². The summed E-state index contributed by atoms with van der Waals surface area (Å²) in [4.78, 5) is 12.5. The van der Waals surface area contributed by atoms with Gasteiger partial charge in [-0.1, -0.05) is 17.7 Å². The van der Waals surface area contributed by atoms with Crippen LogP contribution in [0.5, 0.6) is 0 Å². The van der Waals surface area contributed by atoms with Gasteiger partial charge in [-0.15, -0.1) is 0 Å². The first-order valence-corrected chi connectivity index (χ1v) is 9.37. The molecule has 0 spiro atoms. The zero-order valence-electron chi connectivity index (χ0n) is 15.6. The molecule has 0 unspecified atom stereocenters. The van der Waals surface area contributed by atoms with E-state index in [1.54, 1.807) is 36.4 Å². The number of nitrogens with zero attached hydrogens (tertiary/aromatic N) is 2. The second-order valence-corrected chi connectivity index (χ2v) is 7.02. The minimum atomic E-state index is -0.361. The quantitative estimate of drug-likeness (QED) is 0.367. The summed E-state index contributed by atoms with van der Waals surface area (Å²) in [6, 6.07) is 20.5. The molecule has 0 bridgehead atoms. The van der Waals surface area contributed by atoms with Gasteiger partial charge in [0.15, 0.2) is 0 Å². The minimum Gasteiger partial charge on any atom is -0.315 e. The van der Waals surface area contributed by atoms with Crippen LogP contribution in [0.25, 0.3) is 5.52 Å². The smallest absolute Gasteiger partial charge is 0.271 e. The Morgan fingerprint density at radius 1 is 1.00 bits per heavy atom. The van der Waals surface area contributed by atoms with Crippen LogP contribution in [-0.4, -0.2) is 16.0 Å². The number of hydrogen-bond donors (Lipinski definition) is 1. The van der Waals surface area contributed by atoms with E-state index in [1.807, 2.05) is 41.8 Å². The van der Waals surface area contributed by atoms with Crippen molar-refractivity contribution in [1.29, 1.82) is 0 Å². The summed E-state index contributed by atoms with van der Waals surface area (Å²) in [5.74, 6) is -0.699. The highest BCUT2D eigenvalue weighted by molar-refractivity contribution is 6.30. The molecule has 0 aliphatic heterocycles. The highest BCUT2D eigenvalue weighted by atomic mass is 35.5. The summed E-state index contributed by atoms with van der Waals surface area (Å²) in [6.07, 6.45) is 1.93. The van der Waals surface area contributed by atoms with Crippen LogP contribution in [0.15, 0.2) is 84.1 Å². The van der Waals surface area contributed by atoms with Crippen LogP contribution in [-0.2, 0) is 0 Å². The van der Waals surface area contributed by atoms with Gasteiger partial charge in [-0.3, -0.25) is 4.79 Å². The molecule has 4 rings (SSSR count). The molecule has 0 saturated heterocycles. The molecule has 0 radical (unpaired) electrons. The minimum absolute atomic E-state index is 0.338. The van der Waals surface area contributed by atoms with Crippen molar-refractivity contribution < 1.29 is 9.18 Å². The number of hydrazone groups is 1. The highest BCUT2D eigenvalue weighted by Gasteiger charge is 2.16. The third-order valence-electron chi connectivity index (χ3n) is 4.59. The van der Waals surface area contributed by atoms with Crippen LogP contribution >= 0.6 is 11.6 Å². The molecular formula is C23H17ClFN3O. The number of fused-ring (bicyclic) bond motifs is 1. The number of aryl methyl sites for hydroxylation is 1. The Morgan fingerprint density at radius 3 is 2.41 bits per heavy atom. The lowest BCUT2D eigenvalue weighted by Crippen LogP contribution is -2.21. The number of aromatic nitrogens is 1. The van der Waals surface area contributed by atoms with Gasteiger partial charge >= 0.3 is 0 Å². The first-order valence-electron chi connectivity index (χ1n) is 8.99. The second-order valence-electron chi connectivity index (χ2n) is 6.59. The molecule has 0 aliphatic rings. The monoisotopic (exact) mass is 405 g/mol. The lowest BCUT2D eigenvalue weighted by atomic mass is 10.0. The third-order valence-corrected chi connectivity index (χ3v) is 4.84. The average molecular weight is 406 g/mol. The number of carbonyl (C=O) groups excluding carboxylic acids is 1. The number of rotatable bonds is 4. The maximum atomic E-state index is 13.5. The van der Waals surface area contributed by atoms with Crippen LogP contribution in [0.3, 0.4) is 0 Å². The number of pyridine rings is 1. The van der Waals surface area contributed by atoms with Gasteiger partial charge in [-0.25, -0.2) is 9.82 Å². The molecule has 144 valence electrons. The first-order chi connectivity index (χ1) is 14.0. The summed E-state index contributed by atoms with van der Waals surface area (Å²) in [6.45, 7) is 1.97.